The number of sulfonamides is 2. The molecule has 0 spiro atoms. The Bertz CT molecular complexity index is 706. The molecule has 1 aromatic carbocycles. The number of hydrogen-bond donors (Lipinski definition) is 3. The SMILES string of the molecule is CNS(=O)(=O)CCNS(=O)(=O)c1cc(N)cc(Br)c1F. The molecule has 0 aromatic heterocycles. The van der Waals surface area contributed by atoms with Gasteiger partial charge in [-0.05, 0) is 35.1 Å². The zero-order chi connectivity index (χ0) is 15.6. The summed E-state index contributed by atoms with van der Waals surface area (Å²) in [6, 6.07) is 2.18. The third-order valence-electron chi connectivity index (χ3n) is 2.28. The number of benzene rings is 1. The summed E-state index contributed by atoms with van der Waals surface area (Å²) in [5.74, 6) is -1.46. The topological polar surface area (TPSA) is 118 Å². The quantitative estimate of drug-likeness (QED) is 0.591. The molecule has 1 rings (SSSR count). The number of hydrogen-bond acceptors (Lipinski definition) is 5. The third-order valence-corrected chi connectivity index (χ3v) is 5.68. The summed E-state index contributed by atoms with van der Waals surface area (Å²) in [7, 11) is -6.54. The predicted molar refractivity (Wildman–Crippen MR) is 76.5 cm³/mol. The van der Waals surface area contributed by atoms with Crippen molar-refractivity contribution >= 4 is 41.7 Å². The van der Waals surface area contributed by atoms with Crippen molar-refractivity contribution in [3.8, 4) is 0 Å². The molecule has 0 saturated heterocycles. The number of anilines is 1. The maximum Gasteiger partial charge on any atom is 0.243 e. The van der Waals surface area contributed by atoms with Crippen molar-refractivity contribution in [2.45, 2.75) is 4.90 Å². The van der Waals surface area contributed by atoms with Gasteiger partial charge in [0.15, 0.2) is 5.82 Å². The van der Waals surface area contributed by atoms with Gasteiger partial charge >= 0.3 is 0 Å². The van der Waals surface area contributed by atoms with Crippen LogP contribution < -0.4 is 15.2 Å². The number of rotatable bonds is 6. The van der Waals surface area contributed by atoms with E-state index in [-0.39, 0.29) is 10.2 Å². The van der Waals surface area contributed by atoms with Crippen LogP contribution in [0.25, 0.3) is 0 Å². The fraction of sp³-hybridized carbons (Fsp3) is 0.333. The molecule has 0 heterocycles. The van der Waals surface area contributed by atoms with E-state index in [0.29, 0.717) is 0 Å². The molecule has 114 valence electrons. The molecule has 0 radical (unpaired) electrons. The Morgan fingerprint density at radius 3 is 2.45 bits per heavy atom. The monoisotopic (exact) mass is 389 g/mol. The van der Waals surface area contributed by atoms with Crippen LogP contribution in [0, 0.1) is 5.82 Å². The number of halogens is 2. The van der Waals surface area contributed by atoms with Crippen LogP contribution in [0.4, 0.5) is 10.1 Å². The van der Waals surface area contributed by atoms with Gasteiger partial charge in [-0.3, -0.25) is 0 Å². The van der Waals surface area contributed by atoms with Gasteiger partial charge in [0.1, 0.15) is 4.90 Å². The molecule has 0 fully saturated rings. The molecule has 4 N–H and O–H groups in total. The van der Waals surface area contributed by atoms with Crippen molar-refractivity contribution in [3.05, 3.63) is 22.4 Å². The summed E-state index contributed by atoms with van der Waals surface area (Å²) in [4.78, 5) is -0.647. The van der Waals surface area contributed by atoms with Crippen molar-refractivity contribution in [1.82, 2.24) is 9.44 Å². The summed E-state index contributed by atoms with van der Waals surface area (Å²) in [5.41, 5.74) is 5.51. The Kier molecular flexibility index (Phi) is 5.49. The van der Waals surface area contributed by atoms with Gasteiger partial charge in [0.05, 0.1) is 10.2 Å². The zero-order valence-corrected chi connectivity index (χ0v) is 13.6. The van der Waals surface area contributed by atoms with E-state index in [2.05, 4.69) is 15.9 Å². The van der Waals surface area contributed by atoms with E-state index >= 15 is 0 Å². The molecule has 11 heteroatoms. The van der Waals surface area contributed by atoms with E-state index in [1.807, 2.05) is 9.44 Å². The lowest BCUT2D eigenvalue weighted by Crippen LogP contribution is -2.33. The zero-order valence-electron chi connectivity index (χ0n) is 10.4. The van der Waals surface area contributed by atoms with Gasteiger partial charge in [0, 0.05) is 12.2 Å². The number of nitrogens with two attached hydrogens (primary N) is 1. The highest BCUT2D eigenvalue weighted by atomic mass is 79.9. The van der Waals surface area contributed by atoms with E-state index < -0.39 is 43.1 Å². The summed E-state index contributed by atoms with van der Waals surface area (Å²) in [6.07, 6.45) is 0. The Balaban J connectivity index is 2.96. The van der Waals surface area contributed by atoms with E-state index in [9.17, 15) is 21.2 Å². The summed E-state index contributed by atoms with van der Waals surface area (Å²) in [6.45, 7) is -0.392. The van der Waals surface area contributed by atoms with Crippen molar-refractivity contribution in [2.24, 2.45) is 0 Å². The first kappa shape index (κ1) is 17.3. The van der Waals surface area contributed by atoms with Gasteiger partial charge in [-0.25, -0.2) is 30.7 Å². The second-order valence-electron chi connectivity index (χ2n) is 3.74. The number of nitrogen functional groups attached to an aromatic ring is 1. The Morgan fingerprint density at radius 2 is 1.90 bits per heavy atom. The largest absolute Gasteiger partial charge is 0.399 e. The average Bonchev–Trinajstić information content (AvgIpc) is 2.33. The second kappa shape index (κ2) is 6.35. The molecule has 7 nitrogen and oxygen atoms in total. The van der Waals surface area contributed by atoms with E-state index in [1.165, 1.54) is 13.1 Å². The van der Waals surface area contributed by atoms with Crippen LogP contribution in [0.1, 0.15) is 0 Å². The molecular weight excluding hydrogens is 377 g/mol. The average molecular weight is 390 g/mol. The van der Waals surface area contributed by atoms with Gasteiger partial charge in [-0.1, -0.05) is 0 Å². The predicted octanol–water partition coefficient (Wildman–Crippen LogP) is -0.00210. The molecule has 0 aliphatic heterocycles. The lowest BCUT2D eigenvalue weighted by Gasteiger charge is -2.09. The van der Waals surface area contributed by atoms with Crippen molar-refractivity contribution < 1.29 is 21.2 Å². The van der Waals surface area contributed by atoms with E-state index in [1.54, 1.807) is 0 Å². The first-order valence-electron chi connectivity index (χ1n) is 5.24. The highest BCUT2D eigenvalue weighted by Crippen LogP contribution is 2.25. The highest BCUT2D eigenvalue weighted by Gasteiger charge is 2.22. The summed E-state index contributed by atoms with van der Waals surface area (Å²) < 4.78 is 63.8. The minimum absolute atomic E-state index is 0.0569. The molecule has 0 aliphatic carbocycles. The molecule has 0 aliphatic rings. The van der Waals surface area contributed by atoms with Crippen molar-refractivity contribution in [1.29, 1.82) is 0 Å². The van der Waals surface area contributed by atoms with Crippen LogP contribution in [0.15, 0.2) is 21.5 Å². The van der Waals surface area contributed by atoms with Gasteiger partial charge in [0.2, 0.25) is 20.0 Å². The molecule has 1 aromatic rings. The van der Waals surface area contributed by atoms with Crippen molar-refractivity contribution in [2.75, 3.05) is 25.1 Å². The summed E-state index contributed by atoms with van der Waals surface area (Å²) >= 11 is 2.85. The van der Waals surface area contributed by atoms with Gasteiger partial charge in [0.25, 0.3) is 0 Å². The van der Waals surface area contributed by atoms with Crippen LogP contribution in [0.2, 0.25) is 0 Å². The molecule has 0 bridgehead atoms. The maximum atomic E-state index is 13.8. The smallest absolute Gasteiger partial charge is 0.243 e. The van der Waals surface area contributed by atoms with E-state index in [4.69, 9.17) is 5.73 Å². The highest BCUT2D eigenvalue weighted by molar-refractivity contribution is 9.10. The molecule has 0 saturated carbocycles. The van der Waals surface area contributed by atoms with Crippen molar-refractivity contribution in [3.63, 3.8) is 0 Å². The lowest BCUT2D eigenvalue weighted by atomic mass is 10.3. The molecule has 0 amide bonds. The normalized spacial score (nSPS) is 12.6. The van der Waals surface area contributed by atoms with Gasteiger partial charge in [-0.15, -0.1) is 0 Å². The number of nitrogens with one attached hydrogen (secondary N) is 2. The maximum absolute atomic E-state index is 13.8. The minimum atomic E-state index is -4.19. The van der Waals surface area contributed by atoms with Crippen LogP contribution >= 0.6 is 15.9 Å². The van der Waals surface area contributed by atoms with Crippen LogP contribution in [0.3, 0.4) is 0 Å². The Labute approximate surface area is 125 Å². The molecular formula is C9H13BrFN3O4S2. The molecule has 0 atom stereocenters. The summed E-state index contributed by atoms with van der Waals surface area (Å²) in [5, 5.41) is 0. The lowest BCUT2D eigenvalue weighted by molar-refractivity contribution is 0.555. The Morgan fingerprint density at radius 1 is 1.30 bits per heavy atom. The van der Waals surface area contributed by atoms with Gasteiger partial charge < -0.3 is 5.73 Å². The third kappa shape index (κ3) is 4.38. The fourth-order valence-corrected chi connectivity index (χ4v) is 3.75. The second-order valence-corrected chi connectivity index (χ2v) is 8.37. The van der Waals surface area contributed by atoms with Crippen LogP contribution in [-0.4, -0.2) is 36.2 Å². The molecule has 0 unspecified atom stereocenters. The van der Waals surface area contributed by atoms with Gasteiger partial charge in [-0.2, -0.15) is 0 Å². The van der Waals surface area contributed by atoms with Crippen LogP contribution in [0.5, 0.6) is 0 Å². The standard InChI is InChI=1S/C9H13BrFN3O4S2/c1-13-19(15,16)3-2-14-20(17,18)8-5-6(12)4-7(10)9(8)11/h4-5,13-14H,2-3,12H2,1H3. The Hall–Kier alpha value is -0.750. The fourth-order valence-electron chi connectivity index (χ4n) is 1.27. The van der Waals surface area contributed by atoms with E-state index in [0.717, 1.165) is 6.07 Å². The van der Waals surface area contributed by atoms with Crippen LogP contribution in [-0.2, 0) is 20.0 Å². The minimum Gasteiger partial charge on any atom is -0.399 e. The first-order valence-corrected chi connectivity index (χ1v) is 9.17. The first-order chi connectivity index (χ1) is 9.09. The molecule has 20 heavy (non-hydrogen) atoms.